The van der Waals surface area contributed by atoms with Crippen LogP contribution in [0.1, 0.15) is 24.0 Å². The van der Waals surface area contributed by atoms with Crippen LogP contribution in [0.3, 0.4) is 0 Å². The first-order valence-corrected chi connectivity index (χ1v) is 12.3. The molecule has 32 heavy (non-hydrogen) atoms. The summed E-state index contributed by atoms with van der Waals surface area (Å²) in [6, 6.07) is 20.8. The molecule has 0 atom stereocenters. The number of anilines is 1. The lowest BCUT2D eigenvalue weighted by Gasteiger charge is -2.25. The van der Waals surface area contributed by atoms with Crippen LogP contribution in [-0.4, -0.2) is 33.0 Å². The lowest BCUT2D eigenvalue weighted by molar-refractivity contribution is 0.624. The van der Waals surface area contributed by atoms with Crippen molar-refractivity contribution in [2.75, 3.05) is 16.8 Å². The fourth-order valence-electron chi connectivity index (χ4n) is 3.75. The van der Waals surface area contributed by atoms with Crippen molar-refractivity contribution in [3.63, 3.8) is 0 Å². The largest absolute Gasteiger partial charge is 0.398 e. The van der Waals surface area contributed by atoms with Crippen LogP contribution in [0, 0.1) is 0 Å². The van der Waals surface area contributed by atoms with Gasteiger partial charge in [-0.15, -0.1) is 0 Å². The molecule has 0 saturated carbocycles. The van der Waals surface area contributed by atoms with Crippen LogP contribution in [0.5, 0.6) is 0 Å². The molecular formula is C26H28N4OS. The normalized spacial score (nSPS) is 19.2. The van der Waals surface area contributed by atoms with E-state index in [0.717, 1.165) is 52.3 Å². The first kappa shape index (κ1) is 22.0. The van der Waals surface area contributed by atoms with Gasteiger partial charge in [-0.05, 0) is 53.8 Å². The van der Waals surface area contributed by atoms with Crippen LogP contribution in [-0.2, 0) is 17.3 Å². The molecular weight excluding hydrogens is 416 g/mol. The van der Waals surface area contributed by atoms with Crippen molar-refractivity contribution in [3.05, 3.63) is 90.3 Å². The fourth-order valence-corrected chi connectivity index (χ4v) is 5.05. The third-order valence-electron chi connectivity index (χ3n) is 5.54. The summed E-state index contributed by atoms with van der Waals surface area (Å²) in [7, 11) is -0.681. The van der Waals surface area contributed by atoms with Crippen molar-refractivity contribution in [2.45, 2.75) is 25.4 Å². The molecule has 2 aromatic carbocycles. The number of hydrogen-bond donors (Lipinski definition) is 2. The monoisotopic (exact) mass is 444 g/mol. The lowest BCUT2D eigenvalue weighted by atomic mass is 9.99. The van der Waals surface area contributed by atoms with Crippen LogP contribution in [0.2, 0.25) is 0 Å². The van der Waals surface area contributed by atoms with Gasteiger partial charge < -0.3 is 11.1 Å². The molecule has 0 amide bonds. The second kappa shape index (κ2) is 10.9. The number of nitrogens with two attached hydrogens (primary N) is 1. The Morgan fingerprint density at radius 3 is 2.66 bits per heavy atom. The van der Waals surface area contributed by atoms with E-state index < -0.39 is 10.8 Å². The van der Waals surface area contributed by atoms with Crippen LogP contribution in [0.15, 0.2) is 84.1 Å². The Hall–Kier alpha value is -3.25. The quantitative estimate of drug-likeness (QED) is 0.520. The maximum atomic E-state index is 11.7. The molecule has 3 N–H and O–H groups in total. The standard InChI is InChI=1S/C26H28N4OS/c27-25(10-14-29-19-20-5-4-13-28-18-20)24-17-22(21-6-2-1-3-7-21)8-9-26(24)30-23-11-15-32(31)16-12-23/h1-10,13-14,17-18,23,30H,11-12,15-16,19,27H2/b25-10-,29-14?. The molecule has 0 radical (unpaired) electrons. The predicted octanol–water partition coefficient (Wildman–Crippen LogP) is 4.64. The van der Waals surface area contributed by atoms with Crippen LogP contribution in [0.25, 0.3) is 16.8 Å². The van der Waals surface area contributed by atoms with Crippen molar-refractivity contribution in [1.82, 2.24) is 4.98 Å². The van der Waals surface area contributed by atoms with E-state index in [-0.39, 0.29) is 0 Å². The molecule has 4 rings (SSSR count). The van der Waals surface area contributed by atoms with Gasteiger partial charge in [0, 0.05) is 63.9 Å². The van der Waals surface area contributed by atoms with E-state index in [9.17, 15) is 4.21 Å². The number of rotatable bonds is 7. The van der Waals surface area contributed by atoms with E-state index >= 15 is 0 Å². The third-order valence-corrected chi connectivity index (χ3v) is 6.92. The number of nitrogens with zero attached hydrogens (tertiary/aromatic N) is 2. The molecule has 2 heterocycles. The van der Waals surface area contributed by atoms with E-state index in [1.54, 1.807) is 12.4 Å². The summed E-state index contributed by atoms with van der Waals surface area (Å²) < 4.78 is 11.7. The molecule has 1 aliphatic heterocycles. The summed E-state index contributed by atoms with van der Waals surface area (Å²) in [5.74, 6) is 1.50. The molecule has 1 aliphatic rings. The Balaban J connectivity index is 1.58. The highest BCUT2D eigenvalue weighted by molar-refractivity contribution is 7.85. The highest BCUT2D eigenvalue weighted by Crippen LogP contribution is 2.29. The van der Waals surface area contributed by atoms with Gasteiger partial charge in [-0.25, -0.2) is 0 Å². The van der Waals surface area contributed by atoms with Gasteiger partial charge in [0.15, 0.2) is 0 Å². The number of aliphatic imine (C=N–C) groups is 1. The summed E-state index contributed by atoms with van der Waals surface area (Å²) in [6.07, 6.45) is 8.98. The van der Waals surface area contributed by atoms with Gasteiger partial charge in [-0.3, -0.25) is 14.2 Å². The predicted molar refractivity (Wildman–Crippen MR) is 135 cm³/mol. The zero-order valence-corrected chi connectivity index (χ0v) is 18.8. The maximum absolute atomic E-state index is 11.7. The van der Waals surface area contributed by atoms with Crippen LogP contribution >= 0.6 is 0 Å². The third kappa shape index (κ3) is 5.92. The Kier molecular flexibility index (Phi) is 7.46. The van der Waals surface area contributed by atoms with Gasteiger partial charge in [0.2, 0.25) is 0 Å². The maximum Gasteiger partial charge on any atom is 0.0654 e. The molecule has 0 bridgehead atoms. The molecule has 164 valence electrons. The van der Waals surface area contributed by atoms with E-state index in [1.165, 1.54) is 0 Å². The minimum Gasteiger partial charge on any atom is -0.398 e. The molecule has 1 aromatic heterocycles. The highest BCUT2D eigenvalue weighted by atomic mass is 32.2. The summed E-state index contributed by atoms with van der Waals surface area (Å²) >= 11 is 0. The number of benzene rings is 2. The van der Waals surface area contributed by atoms with Gasteiger partial charge in [-0.2, -0.15) is 0 Å². The Morgan fingerprint density at radius 1 is 1.09 bits per heavy atom. The Labute approximate surface area is 192 Å². The number of pyridine rings is 1. The van der Waals surface area contributed by atoms with E-state index in [4.69, 9.17) is 5.73 Å². The van der Waals surface area contributed by atoms with Gasteiger partial charge >= 0.3 is 0 Å². The first-order valence-electron chi connectivity index (χ1n) is 10.8. The lowest BCUT2D eigenvalue weighted by Crippen LogP contribution is -2.29. The average molecular weight is 445 g/mol. The molecule has 1 saturated heterocycles. The van der Waals surface area contributed by atoms with Crippen molar-refractivity contribution in [2.24, 2.45) is 10.7 Å². The van der Waals surface area contributed by atoms with Gasteiger partial charge in [0.25, 0.3) is 0 Å². The van der Waals surface area contributed by atoms with Crippen molar-refractivity contribution < 1.29 is 4.21 Å². The SMILES string of the molecule is N/C(=C\C=NCc1cccnc1)c1cc(-c2ccccc2)ccc1NC1CCS(=O)CC1. The molecule has 0 spiro atoms. The average Bonchev–Trinajstić information content (AvgIpc) is 2.84. The number of aromatic nitrogens is 1. The zero-order valence-electron chi connectivity index (χ0n) is 18.0. The van der Waals surface area contributed by atoms with Gasteiger partial charge in [0.05, 0.1) is 6.54 Å². The Bertz CT molecular complexity index is 1100. The van der Waals surface area contributed by atoms with Gasteiger partial charge in [0.1, 0.15) is 0 Å². The summed E-state index contributed by atoms with van der Waals surface area (Å²) in [6.45, 7) is 0.562. The van der Waals surface area contributed by atoms with E-state index in [0.29, 0.717) is 18.3 Å². The fraction of sp³-hybridized carbons (Fsp3) is 0.231. The molecule has 6 heteroatoms. The second-order valence-electron chi connectivity index (χ2n) is 7.87. The van der Waals surface area contributed by atoms with Crippen molar-refractivity contribution in [1.29, 1.82) is 0 Å². The molecule has 0 aliphatic carbocycles. The number of hydrogen-bond acceptors (Lipinski definition) is 5. The second-order valence-corrected chi connectivity index (χ2v) is 9.56. The molecule has 1 fully saturated rings. The Morgan fingerprint density at radius 2 is 1.91 bits per heavy atom. The molecule has 3 aromatic rings. The summed E-state index contributed by atoms with van der Waals surface area (Å²) in [4.78, 5) is 8.58. The zero-order chi connectivity index (χ0) is 22.2. The van der Waals surface area contributed by atoms with Crippen LogP contribution in [0.4, 0.5) is 5.69 Å². The molecule has 0 unspecified atom stereocenters. The van der Waals surface area contributed by atoms with E-state index in [1.807, 2.05) is 42.6 Å². The van der Waals surface area contributed by atoms with Gasteiger partial charge in [-0.1, -0.05) is 42.5 Å². The summed E-state index contributed by atoms with van der Waals surface area (Å²) in [5.41, 5.74) is 12.4. The first-order chi connectivity index (χ1) is 15.7. The number of allylic oxidation sites excluding steroid dienone is 1. The number of nitrogens with one attached hydrogen (secondary N) is 1. The summed E-state index contributed by atoms with van der Waals surface area (Å²) in [5, 5.41) is 3.64. The van der Waals surface area contributed by atoms with Crippen molar-refractivity contribution in [3.8, 4) is 11.1 Å². The van der Waals surface area contributed by atoms with Crippen molar-refractivity contribution >= 4 is 28.4 Å². The van der Waals surface area contributed by atoms with E-state index in [2.05, 4.69) is 45.6 Å². The minimum absolute atomic E-state index is 0.307. The minimum atomic E-state index is -0.681. The highest BCUT2D eigenvalue weighted by Gasteiger charge is 2.19. The topological polar surface area (TPSA) is 80.4 Å². The van der Waals surface area contributed by atoms with Crippen LogP contribution < -0.4 is 11.1 Å². The smallest absolute Gasteiger partial charge is 0.0654 e. The molecule has 5 nitrogen and oxygen atoms in total.